The predicted molar refractivity (Wildman–Crippen MR) is 181 cm³/mol. The highest BCUT2D eigenvalue weighted by atomic mass is 16.8. The van der Waals surface area contributed by atoms with Gasteiger partial charge in [-0.05, 0) is 54.6 Å². The quantitative estimate of drug-likeness (QED) is 0.0271. The summed E-state index contributed by atoms with van der Waals surface area (Å²) in [6, 6.07) is 5.40. The van der Waals surface area contributed by atoms with Crippen LogP contribution in [0.5, 0.6) is 28.7 Å². The summed E-state index contributed by atoms with van der Waals surface area (Å²) < 4.78 is 49.4. The van der Waals surface area contributed by atoms with Crippen molar-refractivity contribution >= 4 is 17.8 Å². The molecule has 5 rings (SSSR count). The van der Waals surface area contributed by atoms with Crippen LogP contribution in [0.3, 0.4) is 0 Å². The van der Waals surface area contributed by atoms with Gasteiger partial charge in [0.05, 0.1) is 51.8 Å². The largest absolute Gasteiger partial charge is 0.519 e. The van der Waals surface area contributed by atoms with E-state index in [1.54, 1.807) is 6.07 Å². The summed E-state index contributed by atoms with van der Waals surface area (Å²) in [5, 5.41) is 46.6. The van der Waals surface area contributed by atoms with Gasteiger partial charge in [0.1, 0.15) is 24.4 Å². The van der Waals surface area contributed by atoms with E-state index in [2.05, 4.69) is 15.3 Å². The summed E-state index contributed by atoms with van der Waals surface area (Å²) >= 11 is 0. The molecular weight excluding hydrogens is 720 g/mol. The number of hydrogen-bond acceptors (Lipinski definition) is 17. The molecule has 1 amide bonds. The lowest BCUT2D eigenvalue weighted by molar-refractivity contribution is -0.277. The summed E-state index contributed by atoms with van der Waals surface area (Å²) in [4.78, 5) is 42.2. The third-order valence-corrected chi connectivity index (χ3v) is 8.43. The van der Waals surface area contributed by atoms with Crippen molar-refractivity contribution in [3.63, 3.8) is 0 Å². The first kappa shape index (κ1) is 40.4. The van der Waals surface area contributed by atoms with Gasteiger partial charge < -0.3 is 68.4 Å². The number of aliphatic hydroxyl groups excluding tert-OH is 4. The van der Waals surface area contributed by atoms with E-state index in [0.717, 1.165) is 12.5 Å². The average molecular weight is 763 g/mol. The first-order valence-corrected chi connectivity index (χ1v) is 17.2. The molecule has 1 saturated heterocycles. The Kier molecular flexibility index (Phi) is 15.0. The van der Waals surface area contributed by atoms with E-state index in [1.165, 1.54) is 12.1 Å². The number of nitrogens with one attached hydrogen (secondary N) is 1. The Balaban J connectivity index is 1.25. The minimum Gasteiger partial charge on any atom is -0.458 e. The lowest BCUT2D eigenvalue weighted by Crippen LogP contribution is -2.60. The second-order valence-electron chi connectivity index (χ2n) is 12.1. The summed E-state index contributed by atoms with van der Waals surface area (Å²) in [7, 11) is 0. The topological polar surface area (TPSA) is 276 Å². The molecule has 1 aliphatic carbocycles. The Labute approximate surface area is 308 Å². The van der Waals surface area contributed by atoms with Crippen LogP contribution >= 0.6 is 0 Å². The number of aliphatic hydroxyl groups is 4. The smallest absolute Gasteiger partial charge is 0.458 e. The van der Waals surface area contributed by atoms with Crippen LogP contribution in [0.1, 0.15) is 45.5 Å². The third-order valence-electron chi connectivity index (χ3n) is 8.43. The molecule has 2 aromatic rings. The number of Topliss-reactive ketones (excluding diaryl/α,β-unsaturated/α-hetero) is 1. The van der Waals surface area contributed by atoms with Crippen LogP contribution in [0.2, 0.25) is 0 Å². The number of benzene rings is 2. The summed E-state index contributed by atoms with van der Waals surface area (Å²) in [5.74, 6) is -1.33. The molecule has 0 spiro atoms. The van der Waals surface area contributed by atoms with Gasteiger partial charge in [0.15, 0.2) is 28.8 Å². The monoisotopic (exact) mass is 762 g/mol. The van der Waals surface area contributed by atoms with Crippen LogP contribution in [-0.2, 0) is 25.4 Å². The molecule has 5 atom stereocenters. The van der Waals surface area contributed by atoms with E-state index in [0.29, 0.717) is 38.2 Å². The van der Waals surface area contributed by atoms with Crippen LogP contribution in [0, 0.1) is 0 Å². The molecule has 2 aromatic carbocycles. The van der Waals surface area contributed by atoms with Crippen molar-refractivity contribution in [2.24, 2.45) is 5.11 Å². The fourth-order valence-corrected chi connectivity index (χ4v) is 5.73. The molecular formula is C34H42N4O16. The van der Waals surface area contributed by atoms with Crippen molar-refractivity contribution < 1.29 is 77.4 Å². The minimum atomic E-state index is -1.80. The third kappa shape index (κ3) is 10.5. The molecule has 0 aromatic heterocycles. The maximum Gasteiger partial charge on any atom is 0.519 e. The number of azide groups is 1. The molecule has 2 aliphatic heterocycles. The second kappa shape index (κ2) is 20.1. The molecule has 1 fully saturated rings. The molecule has 54 heavy (non-hydrogen) atoms. The van der Waals surface area contributed by atoms with E-state index in [1.807, 2.05) is 0 Å². The Bertz CT molecular complexity index is 1670. The zero-order chi connectivity index (χ0) is 38.5. The van der Waals surface area contributed by atoms with E-state index < -0.39 is 49.4 Å². The van der Waals surface area contributed by atoms with Gasteiger partial charge in [-0.15, -0.1) is 0 Å². The number of hydrogen-bond donors (Lipinski definition) is 5. The Morgan fingerprint density at radius 3 is 2.41 bits per heavy atom. The zero-order valence-electron chi connectivity index (χ0n) is 29.1. The van der Waals surface area contributed by atoms with Crippen molar-refractivity contribution in [2.75, 3.05) is 66.1 Å². The van der Waals surface area contributed by atoms with E-state index in [9.17, 15) is 34.8 Å². The minimum absolute atomic E-state index is 0.00382. The highest BCUT2D eigenvalue weighted by molar-refractivity contribution is 6.02. The summed E-state index contributed by atoms with van der Waals surface area (Å²) in [6.07, 6.45) is -7.39. The molecule has 0 unspecified atom stereocenters. The molecule has 0 radical (unpaired) electrons. The van der Waals surface area contributed by atoms with E-state index >= 15 is 0 Å². The van der Waals surface area contributed by atoms with E-state index in [4.69, 9.17) is 48.2 Å². The van der Waals surface area contributed by atoms with Crippen LogP contribution in [0.25, 0.3) is 10.4 Å². The molecule has 294 valence electrons. The van der Waals surface area contributed by atoms with Gasteiger partial charge in [0, 0.05) is 30.0 Å². The predicted octanol–water partition coefficient (Wildman–Crippen LogP) is 1.17. The number of amides is 1. The average Bonchev–Trinajstić information content (AvgIpc) is 3.56. The number of carbonyl (C=O) groups is 3. The molecule has 0 bridgehead atoms. The first-order valence-electron chi connectivity index (χ1n) is 17.2. The SMILES string of the molecule is [N-]=[N+]=NCCOCCOCCOCCNC(=O)c1ccc(O[C@@H]2O[C@H](CO)[C@H](O)[C@H](O)[C@@H]2O)c(OC(=O)Oc2c3c(cc4c2C(=O)CCCC4)OCO3)c1. The number of nitrogens with zero attached hydrogens (tertiary/aromatic N) is 3. The number of rotatable bonds is 18. The summed E-state index contributed by atoms with van der Waals surface area (Å²) in [5.41, 5.74) is 9.02. The van der Waals surface area contributed by atoms with Crippen LogP contribution < -0.4 is 29.0 Å². The fourth-order valence-electron chi connectivity index (χ4n) is 5.73. The highest BCUT2D eigenvalue weighted by Crippen LogP contribution is 2.47. The van der Waals surface area contributed by atoms with Crippen molar-refractivity contribution in [2.45, 2.75) is 56.4 Å². The highest BCUT2D eigenvalue weighted by Gasteiger charge is 2.45. The van der Waals surface area contributed by atoms with Crippen molar-refractivity contribution in [3.8, 4) is 28.7 Å². The van der Waals surface area contributed by atoms with Crippen molar-refractivity contribution in [1.29, 1.82) is 0 Å². The van der Waals surface area contributed by atoms with Gasteiger partial charge in [0.2, 0.25) is 18.8 Å². The molecule has 20 nitrogen and oxygen atoms in total. The number of ether oxygens (including phenoxy) is 9. The molecule has 3 aliphatic rings. The number of fused-ring (bicyclic) bond motifs is 2. The fraction of sp³-hybridized carbons (Fsp3) is 0.559. The van der Waals surface area contributed by atoms with Crippen LogP contribution in [0.4, 0.5) is 4.79 Å². The second-order valence-corrected chi connectivity index (χ2v) is 12.1. The molecule has 5 N–H and O–H groups in total. The van der Waals surface area contributed by atoms with Crippen molar-refractivity contribution in [1.82, 2.24) is 5.32 Å². The number of carbonyl (C=O) groups excluding carboxylic acids is 3. The normalized spacial score (nSPS) is 21.7. The maximum atomic E-state index is 13.4. The Morgan fingerprint density at radius 1 is 0.907 bits per heavy atom. The Morgan fingerprint density at radius 2 is 1.65 bits per heavy atom. The number of aryl methyl sites for hydroxylation is 1. The first-order chi connectivity index (χ1) is 26.2. The number of ketones is 1. The van der Waals surface area contributed by atoms with Gasteiger partial charge in [-0.25, -0.2) is 4.79 Å². The van der Waals surface area contributed by atoms with Crippen LogP contribution in [-0.4, -0.2) is 135 Å². The lowest BCUT2D eigenvalue weighted by atomic mass is 9.99. The molecule has 20 heteroatoms. The van der Waals surface area contributed by atoms with Crippen LogP contribution in [0.15, 0.2) is 29.4 Å². The van der Waals surface area contributed by atoms with Gasteiger partial charge in [-0.3, -0.25) is 9.59 Å². The Hall–Kier alpha value is -4.76. The maximum absolute atomic E-state index is 13.4. The zero-order valence-corrected chi connectivity index (χ0v) is 29.1. The van der Waals surface area contributed by atoms with E-state index in [-0.39, 0.29) is 91.8 Å². The van der Waals surface area contributed by atoms with Gasteiger partial charge in [-0.1, -0.05) is 5.11 Å². The van der Waals surface area contributed by atoms with Gasteiger partial charge in [-0.2, -0.15) is 0 Å². The summed E-state index contributed by atoms with van der Waals surface area (Å²) in [6.45, 7) is 1.05. The lowest BCUT2D eigenvalue weighted by Gasteiger charge is -2.39. The van der Waals surface area contributed by atoms with Crippen molar-refractivity contribution in [3.05, 3.63) is 51.4 Å². The molecule has 2 heterocycles. The van der Waals surface area contributed by atoms with Gasteiger partial charge in [0.25, 0.3) is 5.91 Å². The van der Waals surface area contributed by atoms with Gasteiger partial charge >= 0.3 is 6.16 Å². The molecule has 0 saturated carbocycles. The standard InChI is InChI=1S/C34H42N4O16/c35-38-37-8-10-47-12-14-48-13-11-46-9-7-36-32(44)20-5-6-22(51-33-29(43)28(42)27(41)25(17-39)52-33)23(16-20)53-34(45)54-31-26-19(3-1-2-4-21(26)40)15-24-30(31)50-18-49-24/h5-6,15-16,25,27-29,33,39,41-43H,1-4,7-14,17-18H2,(H,36,44)/t25-,27+,28+,29+,33-/m1/s1.